The Balaban J connectivity index is 1.50. The van der Waals surface area contributed by atoms with Crippen molar-refractivity contribution in [1.29, 1.82) is 0 Å². The van der Waals surface area contributed by atoms with Crippen LogP contribution in [-0.2, 0) is 21.4 Å². The van der Waals surface area contributed by atoms with Crippen molar-refractivity contribution >= 4 is 33.2 Å². The predicted octanol–water partition coefficient (Wildman–Crippen LogP) is 5.80. The number of hydrogen-bond donors (Lipinski definition) is 1. The topological polar surface area (TPSA) is 78.8 Å². The van der Waals surface area contributed by atoms with Crippen LogP contribution in [-0.4, -0.2) is 59.6 Å². The van der Waals surface area contributed by atoms with E-state index < -0.39 is 69.3 Å². The highest BCUT2D eigenvalue weighted by Crippen LogP contribution is 2.71. The SMILES string of the molecule is CC1(C)NC(C23CC(N(Cc4ccc(Cl)cc4)S(=O)(=O)CCC(F)(F)F)(C2)C3)=N[C@H]1C(=O)CCCC(F)(F)F. The molecule has 0 amide bonds. The number of aliphatic imine (C=N–C) groups is 1. The van der Waals surface area contributed by atoms with Crippen LogP contribution in [0.5, 0.6) is 0 Å². The lowest BCUT2D eigenvalue weighted by Gasteiger charge is -2.73. The minimum absolute atomic E-state index is 0.112. The lowest BCUT2D eigenvalue weighted by atomic mass is 9.38. The van der Waals surface area contributed by atoms with Crippen molar-refractivity contribution in [3.05, 3.63) is 34.9 Å². The van der Waals surface area contributed by atoms with Crippen LogP contribution in [0.1, 0.15) is 64.4 Å². The molecule has 1 heterocycles. The lowest BCUT2D eigenvalue weighted by Crippen LogP contribution is -2.78. The van der Waals surface area contributed by atoms with Gasteiger partial charge in [-0.1, -0.05) is 23.7 Å². The van der Waals surface area contributed by atoms with E-state index in [1.54, 1.807) is 38.1 Å². The van der Waals surface area contributed by atoms with E-state index in [0.29, 0.717) is 35.7 Å². The van der Waals surface area contributed by atoms with Crippen molar-refractivity contribution in [3.8, 4) is 0 Å². The first kappa shape index (κ1) is 30.1. The van der Waals surface area contributed by atoms with Gasteiger partial charge in [0.05, 0.1) is 17.7 Å². The summed E-state index contributed by atoms with van der Waals surface area (Å²) in [5, 5.41) is 3.65. The minimum atomic E-state index is -4.63. The molecule has 218 valence electrons. The first-order chi connectivity index (χ1) is 17.8. The maximum atomic E-state index is 13.2. The average molecular weight is 602 g/mol. The van der Waals surface area contributed by atoms with Crippen molar-refractivity contribution in [1.82, 2.24) is 9.62 Å². The fraction of sp³-hybridized carbons (Fsp3) is 0.680. The highest BCUT2D eigenvalue weighted by atomic mass is 35.5. The van der Waals surface area contributed by atoms with Gasteiger partial charge in [0.1, 0.15) is 11.9 Å². The fourth-order valence-corrected chi connectivity index (χ4v) is 7.93. The van der Waals surface area contributed by atoms with E-state index in [0.717, 1.165) is 4.31 Å². The Hall–Kier alpha value is -1.86. The summed E-state index contributed by atoms with van der Waals surface area (Å²) in [7, 11) is -4.29. The Morgan fingerprint density at radius 1 is 1.05 bits per heavy atom. The summed E-state index contributed by atoms with van der Waals surface area (Å²) in [4.78, 5) is 17.3. The third-order valence-electron chi connectivity index (χ3n) is 7.82. The van der Waals surface area contributed by atoms with Crippen LogP contribution in [0.15, 0.2) is 29.3 Å². The first-order valence-electron chi connectivity index (χ1n) is 12.5. The minimum Gasteiger partial charge on any atom is -0.366 e. The van der Waals surface area contributed by atoms with Crippen LogP contribution in [0.3, 0.4) is 0 Å². The Kier molecular flexibility index (Phi) is 7.64. The van der Waals surface area contributed by atoms with Crippen LogP contribution in [0, 0.1) is 5.41 Å². The van der Waals surface area contributed by atoms with Gasteiger partial charge in [-0.25, -0.2) is 8.42 Å². The Morgan fingerprint density at radius 3 is 2.15 bits per heavy atom. The molecule has 1 aromatic rings. The fourth-order valence-electron chi connectivity index (χ4n) is 5.96. The zero-order valence-corrected chi connectivity index (χ0v) is 23.0. The molecule has 0 unspecified atom stereocenters. The molecular weight excluding hydrogens is 572 g/mol. The Bertz CT molecular complexity index is 1230. The Labute approximate surface area is 228 Å². The second kappa shape index (κ2) is 9.90. The zero-order chi connectivity index (χ0) is 29.1. The molecule has 1 atom stereocenters. The number of hydrogen-bond acceptors (Lipinski definition) is 5. The summed E-state index contributed by atoms with van der Waals surface area (Å²) in [6, 6.07) is 5.51. The van der Waals surface area contributed by atoms with Gasteiger partial charge < -0.3 is 5.32 Å². The standard InChI is InChI=1S/C25H30ClF6N3O3S/c1-21(2)19(18(36)4-3-9-24(27,28)29)33-20(34-21)22-13-23(14-22,15-22)35(12-16-5-7-17(26)8-6-16)39(37,38)11-10-25(30,31)32/h5-8,19H,3-4,9-15H2,1-2H3,(H,33,34)/t19-,22?,23?/m0/s1. The van der Waals surface area contributed by atoms with E-state index in [4.69, 9.17) is 11.6 Å². The summed E-state index contributed by atoms with van der Waals surface area (Å²) in [6.07, 6.45) is -11.2. The molecule has 0 aromatic heterocycles. The van der Waals surface area contributed by atoms with Crippen LogP contribution < -0.4 is 5.32 Å². The molecule has 1 N–H and O–H groups in total. The molecule has 14 heteroatoms. The van der Waals surface area contributed by atoms with Crippen molar-refractivity contribution in [3.63, 3.8) is 0 Å². The van der Waals surface area contributed by atoms with Gasteiger partial charge in [-0.05, 0) is 57.2 Å². The van der Waals surface area contributed by atoms with Gasteiger partial charge in [0.2, 0.25) is 10.0 Å². The molecule has 1 aromatic carbocycles. The summed E-state index contributed by atoms with van der Waals surface area (Å²) >= 11 is 5.92. The van der Waals surface area contributed by atoms with Gasteiger partial charge >= 0.3 is 12.4 Å². The maximum Gasteiger partial charge on any atom is 0.390 e. The van der Waals surface area contributed by atoms with Gasteiger partial charge in [0.15, 0.2) is 5.78 Å². The average Bonchev–Trinajstić information content (AvgIpc) is 3.04. The number of Topliss-reactive ketones (excluding diaryl/α,β-unsaturated/α-hetero) is 1. The third-order valence-corrected chi connectivity index (χ3v) is 9.98. The molecule has 39 heavy (non-hydrogen) atoms. The highest BCUT2D eigenvalue weighted by Gasteiger charge is 2.75. The summed E-state index contributed by atoms with van der Waals surface area (Å²) in [5.41, 5.74) is -1.70. The van der Waals surface area contributed by atoms with E-state index in [9.17, 15) is 39.6 Å². The third kappa shape index (κ3) is 6.40. The summed E-state index contributed by atoms with van der Waals surface area (Å²) < 4.78 is 104. The summed E-state index contributed by atoms with van der Waals surface area (Å²) in [6.45, 7) is 3.34. The summed E-state index contributed by atoms with van der Waals surface area (Å²) in [5.74, 6) is -0.977. The number of benzene rings is 1. The van der Waals surface area contributed by atoms with E-state index in [1.165, 1.54) is 0 Å². The number of halogens is 7. The maximum absolute atomic E-state index is 13.2. The molecule has 4 aliphatic rings. The molecule has 2 bridgehead atoms. The predicted molar refractivity (Wildman–Crippen MR) is 134 cm³/mol. The lowest BCUT2D eigenvalue weighted by molar-refractivity contribution is -0.152. The molecule has 5 rings (SSSR count). The van der Waals surface area contributed by atoms with E-state index in [-0.39, 0.29) is 19.4 Å². The molecule has 0 saturated heterocycles. The van der Waals surface area contributed by atoms with Gasteiger partial charge in [-0.2, -0.15) is 30.6 Å². The van der Waals surface area contributed by atoms with Crippen molar-refractivity contribution in [2.45, 2.75) is 94.8 Å². The van der Waals surface area contributed by atoms with Crippen molar-refractivity contribution in [2.24, 2.45) is 10.4 Å². The van der Waals surface area contributed by atoms with E-state index >= 15 is 0 Å². The van der Waals surface area contributed by atoms with Crippen LogP contribution in [0.25, 0.3) is 0 Å². The van der Waals surface area contributed by atoms with Gasteiger partial charge in [0, 0.05) is 35.4 Å². The van der Waals surface area contributed by atoms with Crippen molar-refractivity contribution < 1.29 is 39.6 Å². The molecule has 0 radical (unpaired) electrons. The number of carbonyl (C=O) groups is 1. The van der Waals surface area contributed by atoms with Gasteiger partial charge in [-0.3, -0.25) is 9.79 Å². The van der Waals surface area contributed by atoms with Crippen molar-refractivity contribution in [2.75, 3.05) is 5.75 Å². The number of carbonyl (C=O) groups excluding carboxylic acids is 1. The molecule has 0 spiro atoms. The van der Waals surface area contributed by atoms with Gasteiger partial charge in [-0.15, -0.1) is 0 Å². The molecule has 3 fully saturated rings. The van der Waals surface area contributed by atoms with Crippen LogP contribution >= 0.6 is 11.6 Å². The smallest absolute Gasteiger partial charge is 0.366 e. The van der Waals surface area contributed by atoms with E-state index in [1.807, 2.05) is 0 Å². The van der Waals surface area contributed by atoms with E-state index in [2.05, 4.69) is 10.3 Å². The van der Waals surface area contributed by atoms with Gasteiger partial charge in [0.25, 0.3) is 0 Å². The number of nitrogens with zero attached hydrogens (tertiary/aromatic N) is 2. The molecule has 3 aliphatic carbocycles. The quantitative estimate of drug-likeness (QED) is 0.325. The van der Waals surface area contributed by atoms with Crippen LogP contribution in [0.2, 0.25) is 5.02 Å². The monoisotopic (exact) mass is 601 g/mol. The number of rotatable bonds is 11. The number of alkyl halides is 6. The number of nitrogens with one attached hydrogen (secondary N) is 1. The highest BCUT2D eigenvalue weighted by molar-refractivity contribution is 7.89. The largest absolute Gasteiger partial charge is 0.390 e. The Morgan fingerprint density at radius 2 is 1.62 bits per heavy atom. The number of amidine groups is 1. The zero-order valence-electron chi connectivity index (χ0n) is 21.4. The second-order valence-electron chi connectivity index (χ2n) is 11.5. The molecular formula is C25H30ClF6N3O3S. The first-order valence-corrected chi connectivity index (χ1v) is 14.5. The normalized spacial score (nSPS) is 27.9. The van der Waals surface area contributed by atoms with Crippen LogP contribution in [0.4, 0.5) is 26.3 Å². The number of sulfonamides is 1. The molecule has 3 saturated carbocycles. The second-order valence-corrected chi connectivity index (χ2v) is 14.0. The molecule has 6 nitrogen and oxygen atoms in total. The molecule has 1 aliphatic heterocycles. The number of ketones is 1.